The zero-order valence-electron chi connectivity index (χ0n) is 22.6. The van der Waals surface area contributed by atoms with Crippen LogP contribution in [0.25, 0.3) is 16.6 Å². The van der Waals surface area contributed by atoms with Crippen LogP contribution in [-0.4, -0.2) is 51.2 Å². The Morgan fingerprint density at radius 1 is 1.02 bits per heavy atom. The number of fused-ring (bicyclic) bond motifs is 1. The summed E-state index contributed by atoms with van der Waals surface area (Å²) in [5.41, 5.74) is 4.46. The van der Waals surface area contributed by atoms with Gasteiger partial charge in [0.05, 0.1) is 27.5 Å². The number of piperidine rings is 1. The molecule has 0 spiro atoms. The molecule has 9 heteroatoms. The molecule has 1 aliphatic carbocycles. The highest BCUT2D eigenvalue weighted by molar-refractivity contribution is 6.40. The van der Waals surface area contributed by atoms with E-state index in [2.05, 4.69) is 50.8 Å². The average molecular weight is 599 g/mol. The van der Waals surface area contributed by atoms with Gasteiger partial charge in [0.15, 0.2) is 0 Å². The smallest absolute Gasteiger partial charge is 0.254 e. The number of H-pyrrole nitrogens is 1. The van der Waals surface area contributed by atoms with Gasteiger partial charge in [-0.2, -0.15) is 5.10 Å². The normalized spacial score (nSPS) is 20.7. The second kappa shape index (κ2) is 11.8. The monoisotopic (exact) mass is 597 g/mol. The van der Waals surface area contributed by atoms with Crippen molar-refractivity contribution in [3.05, 3.63) is 80.7 Å². The molecule has 40 heavy (non-hydrogen) atoms. The van der Waals surface area contributed by atoms with Crippen LogP contribution in [0.15, 0.2) is 48.8 Å². The number of carbonyl (C=O) groups is 1. The van der Waals surface area contributed by atoms with Crippen LogP contribution in [0.2, 0.25) is 15.1 Å². The van der Waals surface area contributed by atoms with E-state index in [1.54, 1.807) is 23.0 Å². The van der Waals surface area contributed by atoms with Gasteiger partial charge in [-0.25, -0.2) is 4.68 Å². The van der Waals surface area contributed by atoms with E-state index in [0.29, 0.717) is 43.8 Å². The van der Waals surface area contributed by atoms with Crippen LogP contribution in [0.4, 0.5) is 0 Å². The van der Waals surface area contributed by atoms with Gasteiger partial charge in [0, 0.05) is 34.7 Å². The minimum Gasteiger partial charge on any atom is -0.361 e. The fourth-order valence-electron chi connectivity index (χ4n) is 6.57. The number of benzene rings is 2. The number of nitrogens with zero attached hydrogens (tertiary/aromatic N) is 3. The van der Waals surface area contributed by atoms with Crippen LogP contribution in [0.5, 0.6) is 0 Å². The third kappa shape index (κ3) is 5.64. The molecule has 2 fully saturated rings. The molecule has 0 atom stereocenters. The maximum atomic E-state index is 13.1. The second-order valence-corrected chi connectivity index (χ2v) is 12.6. The lowest BCUT2D eigenvalue weighted by molar-refractivity contribution is 0.0913. The standard InChI is InChI=1S/C31H34Cl3N5O/c1-19-25(17-36-39(19)30-27(33)14-22(32)15-28(30)34)31(40)37-23-8-6-20(7-9-23)18-38-12-10-21(11-13-38)26-16-35-29-5-3-2-4-24(26)29/h2-5,14-17,20-21,23,35H,6-13,18H2,1H3,(H,37,40). The summed E-state index contributed by atoms with van der Waals surface area (Å²) in [6.07, 6.45) is 10.5. The van der Waals surface area contributed by atoms with Crippen LogP contribution >= 0.6 is 34.8 Å². The molecule has 1 aliphatic heterocycles. The fourth-order valence-corrected chi connectivity index (χ4v) is 7.55. The van der Waals surface area contributed by atoms with Crippen molar-refractivity contribution in [3.63, 3.8) is 0 Å². The number of nitrogens with one attached hydrogen (secondary N) is 2. The Balaban J connectivity index is 0.989. The Hall–Kier alpha value is -2.51. The van der Waals surface area contributed by atoms with Gasteiger partial charge in [-0.3, -0.25) is 4.79 Å². The van der Waals surface area contributed by atoms with E-state index in [4.69, 9.17) is 34.8 Å². The Bertz CT molecular complexity index is 1490. The van der Waals surface area contributed by atoms with E-state index in [0.717, 1.165) is 45.3 Å². The molecule has 210 valence electrons. The molecule has 0 radical (unpaired) electrons. The lowest BCUT2D eigenvalue weighted by Crippen LogP contribution is -2.41. The van der Waals surface area contributed by atoms with Gasteiger partial charge >= 0.3 is 0 Å². The summed E-state index contributed by atoms with van der Waals surface area (Å²) in [4.78, 5) is 19.2. The molecule has 3 heterocycles. The first-order chi connectivity index (χ1) is 19.4. The summed E-state index contributed by atoms with van der Waals surface area (Å²) in [5.74, 6) is 1.22. The third-order valence-electron chi connectivity index (χ3n) is 8.79. The third-order valence-corrected chi connectivity index (χ3v) is 9.59. The molecule has 6 rings (SSSR count). The van der Waals surface area contributed by atoms with Crippen molar-refractivity contribution in [1.29, 1.82) is 0 Å². The Morgan fingerprint density at radius 2 is 1.73 bits per heavy atom. The first-order valence-corrected chi connectivity index (χ1v) is 15.3. The van der Waals surface area contributed by atoms with E-state index in [1.807, 2.05) is 6.92 Å². The van der Waals surface area contributed by atoms with E-state index in [9.17, 15) is 4.79 Å². The predicted octanol–water partition coefficient (Wildman–Crippen LogP) is 7.79. The number of carbonyl (C=O) groups excluding carboxylic acids is 1. The van der Waals surface area contributed by atoms with Crippen LogP contribution in [0.3, 0.4) is 0 Å². The SMILES string of the molecule is Cc1c(C(=O)NC2CCC(CN3CCC(c4c[nH]c5ccccc45)CC3)CC2)cnn1-c1c(Cl)cc(Cl)cc1Cl. The first kappa shape index (κ1) is 27.6. The highest BCUT2D eigenvalue weighted by Gasteiger charge is 2.28. The Labute approximate surface area is 250 Å². The number of hydrogen-bond donors (Lipinski definition) is 2. The van der Waals surface area contributed by atoms with Crippen molar-refractivity contribution in [2.75, 3.05) is 19.6 Å². The second-order valence-electron chi connectivity index (χ2n) is 11.3. The van der Waals surface area contributed by atoms with Gasteiger partial charge in [0.25, 0.3) is 5.91 Å². The number of rotatable bonds is 6. The van der Waals surface area contributed by atoms with E-state index >= 15 is 0 Å². The molecule has 4 aromatic rings. The number of hydrogen-bond acceptors (Lipinski definition) is 3. The first-order valence-electron chi connectivity index (χ1n) is 14.2. The number of likely N-dealkylation sites (tertiary alicyclic amines) is 1. The highest BCUT2D eigenvalue weighted by atomic mass is 35.5. The average Bonchev–Trinajstić information content (AvgIpc) is 3.54. The largest absolute Gasteiger partial charge is 0.361 e. The number of aromatic nitrogens is 3. The topological polar surface area (TPSA) is 66.0 Å². The summed E-state index contributed by atoms with van der Waals surface area (Å²) < 4.78 is 1.61. The molecular weight excluding hydrogens is 565 g/mol. The van der Waals surface area contributed by atoms with Gasteiger partial charge in [0.2, 0.25) is 0 Å². The Morgan fingerprint density at radius 3 is 2.45 bits per heavy atom. The molecule has 1 amide bonds. The number of para-hydroxylation sites is 1. The van der Waals surface area contributed by atoms with E-state index in [1.165, 1.54) is 29.3 Å². The number of aromatic amines is 1. The number of halogens is 3. The molecule has 2 N–H and O–H groups in total. The van der Waals surface area contributed by atoms with Crippen molar-refractivity contribution in [1.82, 2.24) is 25.0 Å². The molecule has 1 saturated carbocycles. The van der Waals surface area contributed by atoms with Gasteiger partial charge < -0.3 is 15.2 Å². The Kier molecular flexibility index (Phi) is 8.14. The van der Waals surface area contributed by atoms with Gasteiger partial charge in [-0.15, -0.1) is 0 Å². The zero-order valence-corrected chi connectivity index (χ0v) is 24.9. The summed E-state index contributed by atoms with van der Waals surface area (Å²) in [6, 6.07) is 12.1. The summed E-state index contributed by atoms with van der Waals surface area (Å²) in [5, 5.41) is 10.2. The van der Waals surface area contributed by atoms with Crippen LogP contribution in [-0.2, 0) is 0 Å². The molecule has 0 unspecified atom stereocenters. The minimum absolute atomic E-state index is 0.104. The molecule has 2 aromatic carbocycles. The van der Waals surface area contributed by atoms with E-state index < -0.39 is 0 Å². The van der Waals surface area contributed by atoms with Crippen LogP contribution in [0, 0.1) is 12.8 Å². The lowest BCUT2D eigenvalue weighted by atomic mass is 9.84. The quantitative estimate of drug-likeness (QED) is 0.238. The molecule has 1 saturated heterocycles. The molecular formula is C31H34Cl3N5O. The van der Waals surface area contributed by atoms with Crippen molar-refractivity contribution >= 4 is 51.6 Å². The molecule has 2 aliphatic rings. The van der Waals surface area contributed by atoms with Gasteiger partial charge in [-0.1, -0.05) is 53.0 Å². The maximum absolute atomic E-state index is 13.1. The summed E-state index contributed by atoms with van der Waals surface area (Å²) in [7, 11) is 0. The molecule has 2 aromatic heterocycles. The highest BCUT2D eigenvalue weighted by Crippen LogP contribution is 2.35. The van der Waals surface area contributed by atoms with Crippen molar-refractivity contribution in [2.24, 2.45) is 5.92 Å². The van der Waals surface area contributed by atoms with Gasteiger partial charge in [0.1, 0.15) is 5.69 Å². The molecule has 0 bridgehead atoms. The van der Waals surface area contributed by atoms with Crippen molar-refractivity contribution in [3.8, 4) is 5.69 Å². The van der Waals surface area contributed by atoms with Crippen LogP contribution in [0.1, 0.15) is 66.1 Å². The predicted molar refractivity (Wildman–Crippen MR) is 163 cm³/mol. The minimum atomic E-state index is -0.104. The lowest BCUT2D eigenvalue weighted by Gasteiger charge is -2.36. The maximum Gasteiger partial charge on any atom is 0.254 e. The number of amides is 1. The van der Waals surface area contributed by atoms with E-state index in [-0.39, 0.29) is 11.9 Å². The van der Waals surface area contributed by atoms with Crippen LogP contribution < -0.4 is 5.32 Å². The summed E-state index contributed by atoms with van der Waals surface area (Å²) in [6.45, 7) is 5.33. The zero-order chi connectivity index (χ0) is 27.8. The fraction of sp³-hybridized carbons (Fsp3) is 0.419. The molecule has 6 nitrogen and oxygen atoms in total. The van der Waals surface area contributed by atoms with Gasteiger partial charge in [-0.05, 0) is 94.1 Å². The summed E-state index contributed by atoms with van der Waals surface area (Å²) >= 11 is 18.8. The van der Waals surface area contributed by atoms with Crippen molar-refractivity contribution in [2.45, 2.75) is 57.4 Å². The van der Waals surface area contributed by atoms with Crippen molar-refractivity contribution < 1.29 is 4.79 Å².